The Morgan fingerprint density at radius 2 is 1.83 bits per heavy atom. The van der Waals surface area contributed by atoms with Gasteiger partial charge in [0.1, 0.15) is 5.75 Å². The van der Waals surface area contributed by atoms with E-state index in [9.17, 15) is 31.1 Å². The van der Waals surface area contributed by atoms with Crippen LogP contribution in [0.4, 0.5) is 26.3 Å². The normalized spacial score (nSPS) is 12.1. The molecule has 0 saturated heterocycles. The molecule has 0 amide bonds. The van der Waals surface area contributed by atoms with Gasteiger partial charge in [0.2, 0.25) is 0 Å². The lowest BCUT2D eigenvalue weighted by atomic mass is 10.1. The van der Waals surface area contributed by atoms with Crippen molar-refractivity contribution < 1.29 is 40.6 Å². The summed E-state index contributed by atoms with van der Waals surface area (Å²) in [5, 5.41) is 0. The van der Waals surface area contributed by atoms with Crippen LogP contribution in [-0.2, 0) is 16.0 Å². The number of thioether (sulfide) groups is 1. The van der Waals surface area contributed by atoms with E-state index in [1.807, 2.05) is 0 Å². The van der Waals surface area contributed by atoms with Gasteiger partial charge >= 0.3 is 17.8 Å². The zero-order valence-corrected chi connectivity index (χ0v) is 12.6. The summed E-state index contributed by atoms with van der Waals surface area (Å²) in [6.45, 7) is 1.64. The van der Waals surface area contributed by atoms with Crippen molar-refractivity contribution in [3.8, 4) is 5.75 Å². The van der Waals surface area contributed by atoms with Gasteiger partial charge in [-0.15, -0.1) is 13.2 Å². The molecule has 0 aromatic heterocycles. The zero-order valence-electron chi connectivity index (χ0n) is 11.8. The van der Waals surface area contributed by atoms with Gasteiger partial charge in [0, 0.05) is 6.42 Å². The molecule has 0 N–H and O–H groups in total. The Kier molecular flexibility index (Phi) is 6.60. The number of rotatable bonds is 6. The van der Waals surface area contributed by atoms with Crippen LogP contribution in [-0.4, -0.2) is 24.4 Å². The number of hydrogen-bond donors (Lipinski definition) is 0. The van der Waals surface area contributed by atoms with Crippen LogP contribution < -0.4 is 4.74 Å². The summed E-state index contributed by atoms with van der Waals surface area (Å²) < 4.78 is 83.1. The van der Waals surface area contributed by atoms with Gasteiger partial charge in [-0.2, -0.15) is 13.2 Å². The van der Waals surface area contributed by atoms with Crippen LogP contribution in [0, 0.1) is 0 Å². The summed E-state index contributed by atoms with van der Waals surface area (Å²) in [5.74, 6) is -1.62. The van der Waals surface area contributed by atoms with Crippen molar-refractivity contribution in [3.63, 3.8) is 0 Å². The number of carbonyl (C=O) groups is 1. The summed E-state index contributed by atoms with van der Waals surface area (Å²) in [6, 6.07) is 3.20. The smallest absolute Gasteiger partial charge is 0.466 e. The molecular weight excluding hydrogens is 350 g/mol. The monoisotopic (exact) mass is 362 g/mol. The predicted molar refractivity (Wildman–Crippen MR) is 70.0 cm³/mol. The molecule has 0 heterocycles. The van der Waals surface area contributed by atoms with Crippen molar-refractivity contribution in [1.82, 2.24) is 0 Å². The minimum atomic E-state index is -5.15. The van der Waals surface area contributed by atoms with Crippen molar-refractivity contribution in [2.75, 3.05) is 6.61 Å². The Labute approximate surface area is 131 Å². The van der Waals surface area contributed by atoms with Gasteiger partial charge in [-0.1, -0.05) is 12.1 Å². The van der Waals surface area contributed by atoms with Crippen molar-refractivity contribution in [1.29, 1.82) is 0 Å². The fourth-order valence-corrected chi connectivity index (χ4v) is 2.33. The molecule has 0 saturated carbocycles. The quantitative estimate of drug-likeness (QED) is 0.418. The van der Waals surface area contributed by atoms with Gasteiger partial charge < -0.3 is 9.47 Å². The first-order valence-electron chi connectivity index (χ1n) is 6.31. The van der Waals surface area contributed by atoms with E-state index in [-0.39, 0.29) is 25.0 Å². The maximum Gasteiger partial charge on any atom is 0.573 e. The molecule has 0 bridgehead atoms. The Bertz CT molecular complexity index is 541. The van der Waals surface area contributed by atoms with E-state index < -0.39 is 40.2 Å². The minimum absolute atomic E-state index is 0.0920. The topological polar surface area (TPSA) is 35.5 Å². The van der Waals surface area contributed by atoms with Gasteiger partial charge in [-0.3, -0.25) is 4.79 Å². The number of carbonyl (C=O) groups excluding carboxylic acids is 1. The van der Waals surface area contributed by atoms with Crippen LogP contribution in [0.5, 0.6) is 5.75 Å². The first-order chi connectivity index (χ1) is 10.5. The average molecular weight is 362 g/mol. The van der Waals surface area contributed by atoms with Crippen LogP contribution in [0.15, 0.2) is 23.1 Å². The van der Waals surface area contributed by atoms with Gasteiger partial charge in [0.05, 0.1) is 11.5 Å². The van der Waals surface area contributed by atoms with Gasteiger partial charge in [-0.05, 0) is 36.7 Å². The second kappa shape index (κ2) is 7.80. The number of aryl methyl sites for hydroxylation is 1. The summed E-state index contributed by atoms with van der Waals surface area (Å²) in [4.78, 5) is 10.5. The largest absolute Gasteiger partial charge is 0.573 e. The maximum atomic E-state index is 12.5. The van der Waals surface area contributed by atoms with Crippen molar-refractivity contribution >= 4 is 17.7 Å². The Morgan fingerprint density at radius 3 is 2.35 bits per heavy atom. The third-order valence-electron chi connectivity index (χ3n) is 2.41. The number of para-hydroxylation sites is 1. The highest BCUT2D eigenvalue weighted by atomic mass is 32.2. The van der Waals surface area contributed by atoms with Crippen LogP contribution in [0.2, 0.25) is 0 Å². The molecule has 0 unspecified atom stereocenters. The van der Waals surface area contributed by atoms with Gasteiger partial charge in [-0.25, -0.2) is 0 Å². The van der Waals surface area contributed by atoms with Crippen LogP contribution in [0.25, 0.3) is 0 Å². The zero-order chi connectivity index (χ0) is 17.7. The highest BCUT2D eigenvalue weighted by molar-refractivity contribution is 8.00. The van der Waals surface area contributed by atoms with E-state index in [0.29, 0.717) is 0 Å². The molecule has 23 heavy (non-hydrogen) atoms. The standard InChI is InChI=1S/C13H12F6O3S/c1-2-21-10(20)7-6-8-4-3-5-9(23-13(17,18)19)11(8)22-12(14,15)16/h3-5H,2,6-7H2,1H3. The molecule has 0 atom stereocenters. The van der Waals surface area contributed by atoms with E-state index in [4.69, 9.17) is 0 Å². The predicted octanol–water partition coefficient (Wildman–Crippen LogP) is 4.69. The van der Waals surface area contributed by atoms with E-state index in [2.05, 4.69) is 9.47 Å². The number of halogens is 6. The average Bonchev–Trinajstić information content (AvgIpc) is 2.36. The molecule has 0 aliphatic heterocycles. The molecule has 1 aromatic rings. The van der Waals surface area contributed by atoms with Crippen LogP contribution in [0.3, 0.4) is 0 Å². The molecule has 1 rings (SSSR count). The summed E-state index contributed by atoms with van der Waals surface area (Å²) in [7, 11) is 0. The molecule has 0 spiro atoms. The molecule has 0 aliphatic carbocycles. The Morgan fingerprint density at radius 1 is 1.17 bits per heavy atom. The lowest BCUT2D eigenvalue weighted by Crippen LogP contribution is -2.19. The lowest BCUT2D eigenvalue weighted by molar-refractivity contribution is -0.275. The van der Waals surface area contributed by atoms with Crippen molar-refractivity contribution in [3.05, 3.63) is 23.8 Å². The Hall–Kier alpha value is -1.58. The minimum Gasteiger partial charge on any atom is -0.466 e. The van der Waals surface area contributed by atoms with Crippen LogP contribution in [0.1, 0.15) is 18.9 Å². The second-order valence-corrected chi connectivity index (χ2v) is 5.25. The van der Waals surface area contributed by atoms with Crippen molar-refractivity contribution in [2.24, 2.45) is 0 Å². The fraction of sp³-hybridized carbons (Fsp3) is 0.462. The number of benzene rings is 1. The maximum absolute atomic E-state index is 12.5. The molecule has 0 radical (unpaired) electrons. The fourth-order valence-electron chi connectivity index (χ4n) is 1.66. The van der Waals surface area contributed by atoms with E-state index in [0.717, 1.165) is 12.1 Å². The highest BCUT2D eigenvalue weighted by Gasteiger charge is 2.36. The SMILES string of the molecule is CCOC(=O)CCc1cccc(SC(F)(F)F)c1OC(F)(F)F. The Balaban J connectivity index is 3.07. The van der Waals surface area contributed by atoms with E-state index in [1.165, 1.54) is 6.07 Å². The molecule has 0 aliphatic rings. The highest BCUT2D eigenvalue weighted by Crippen LogP contribution is 2.44. The number of esters is 1. The first-order valence-corrected chi connectivity index (χ1v) is 7.12. The first kappa shape index (κ1) is 19.5. The summed E-state index contributed by atoms with van der Waals surface area (Å²) >= 11 is -0.714. The summed E-state index contributed by atoms with van der Waals surface area (Å²) in [5.41, 5.74) is -4.94. The lowest BCUT2D eigenvalue weighted by Gasteiger charge is -2.17. The third kappa shape index (κ3) is 7.49. The van der Waals surface area contributed by atoms with Gasteiger partial charge in [0.25, 0.3) is 0 Å². The van der Waals surface area contributed by atoms with E-state index in [1.54, 1.807) is 6.92 Å². The van der Waals surface area contributed by atoms with Gasteiger partial charge in [0.15, 0.2) is 0 Å². The molecule has 3 nitrogen and oxygen atoms in total. The molecule has 130 valence electrons. The number of hydrogen-bond acceptors (Lipinski definition) is 4. The molecule has 0 fully saturated rings. The molecule has 10 heteroatoms. The second-order valence-electron chi connectivity index (χ2n) is 4.15. The van der Waals surface area contributed by atoms with E-state index >= 15 is 0 Å². The molecule has 1 aromatic carbocycles. The van der Waals surface area contributed by atoms with Crippen LogP contribution >= 0.6 is 11.8 Å². The number of ether oxygens (including phenoxy) is 2. The summed E-state index contributed by atoms with van der Waals surface area (Å²) in [6.07, 6.45) is -5.67. The molecular formula is C13H12F6O3S. The third-order valence-corrected chi connectivity index (χ3v) is 3.18. The van der Waals surface area contributed by atoms with Crippen molar-refractivity contribution in [2.45, 2.75) is 36.5 Å². The number of alkyl halides is 6.